The number of rotatable bonds is 6. The van der Waals surface area contributed by atoms with E-state index in [0.717, 1.165) is 25.7 Å². The second kappa shape index (κ2) is 9.11. The molecule has 10 heteroatoms. The summed E-state index contributed by atoms with van der Waals surface area (Å²) in [6.07, 6.45) is -1.91. The lowest BCUT2D eigenvalue weighted by atomic mass is 9.89. The number of anilines is 2. The van der Waals surface area contributed by atoms with Crippen molar-refractivity contribution in [2.75, 3.05) is 5.32 Å². The molecule has 1 aliphatic carbocycles. The van der Waals surface area contributed by atoms with Crippen molar-refractivity contribution in [3.8, 4) is 0 Å². The van der Waals surface area contributed by atoms with Gasteiger partial charge < -0.3 is 21.5 Å². The summed E-state index contributed by atoms with van der Waals surface area (Å²) in [6.45, 7) is 6.42. The minimum absolute atomic E-state index is 0.0467. The molecule has 2 aromatic rings. The average Bonchev–Trinajstić information content (AvgIpc) is 3.11. The molecule has 1 unspecified atom stereocenters. The van der Waals surface area contributed by atoms with Crippen LogP contribution in [-0.4, -0.2) is 38.6 Å². The SMILES string of the molecule is CC(C)(C)NC1CCC(n2cc(C(N)=O)c(Nc3ccc(C(O)C(F)(F)F)cc3)n2)CC1. The molecule has 1 aromatic heterocycles. The molecule has 1 aliphatic rings. The molecule has 5 N–H and O–H groups in total. The number of hydrogen-bond acceptors (Lipinski definition) is 5. The van der Waals surface area contributed by atoms with Crippen molar-refractivity contribution in [3.63, 3.8) is 0 Å². The largest absolute Gasteiger partial charge is 0.418 e. The van der Waals surface area contributed by atoms with Crippen LogP contribution in [0.4, 0.5) is 24.7 Å². The quantitative estimate of drug-likeness (QED) is 0.525. The van der Waals surface area contributed by atoms with Crippen molar-refractivity contribution in [1.82, 2.24) is 15.1 Å². The van der Waals surface area contributed by atoms with Gasteiger partial charge >= 0.3 is 6.18 Å². The Balaban J connectivity index is 1.71. The van der Waals surface area contributed by atoms with Crippen LogP contribution in [0.2, 0.25) is 0 Å². The third-order valence-corrected chi connectivity index (χ3v) is 5.50. The van der Waals surface area contributed by atoms with Crippen LogP contribution >= 0.6 is 0 Å². The van der Waals surface area contributed by atoms with Crippen LogP contribution in [0.25, 0.3) is 0 Å². The molecule has 32 heavy (non-hydrogen) atoms. The molecule has 1 amide bonds. The highest BCUT2D eigenvalue weighted by atomic mass is 19.4. The number of carbonyl (C=O) groups is 1. The third kappa shape index (κ3) is 6.01. The van der Waals surface area contributed by atoms with Crippen LogP contribution in [-0.2, 0) is 0 Å². The Morgan fingerprint density at radius 3 is 2.25 bits per heavy atom. The summed E-state index contributed by atoms with van der Waals surface area (Å²) in [5, 5.41) is 20.4. The number of nitrogens with zero attached hydrogens (tertiary/aromatic N) is 2. The summed E-state index contributed by atoms with van der Waals surface area (Å²) in [7, 11) is 0. The molecule has 1 atom stereocenters. The lowest BCUT2D eigenvalue weighted by Gasteiger charge is -2.34. The molecule has 1 fully saturated rings. The lowest BCUT2D eigenvalue weighted by Crippen LogP contribution is -2.45. The Kier molecular flexibility index (Phi) is 6.85. The van der Waals surface area contributed by atoms with Gasteiger partial charge in [0.15, 0.2) is 11.9 Å². The molecule has 0 spiro atoms. The molecule has 1 saturated carbocycles. The van der Waals surface area contributed by atoms with E-state index in [2.05, 4.69) is 36.5 Å². The fourth-order valence-electron chi connectivity index (χ4n) is 4.02. The van der Waals surface area contributed by atoms with Gasteiger partial charge in [0.2, 0.25) is 0 Å². The van der Waals surface area contributed by atoms with Crippen LogP contribution < -0.4 is 16.4 Å². The number of amides is 1. The maximum Gasteiger partial charge on any atom is 0.418 e. The number of halogens is 3. The monoisotopic (exact) mass is 453 g/mol. The molecule has 1 aromatic carbocycles. The molecule has 0 saturated heterocycles. The van der Waals surface area contributed by atoms with E-state index in [1.165, 1.54) is 24.3 Å². The van der Waals surface area contributed by atoms with E-state index >= 15 is 0 Å². The van der Waals surface area contributed by atoms with Crippen molar-refractivity contribution in [1.29, 1.82) is 0 Å². The predicted molar refractivity (Wildman–Crippen MR) is 116 cm³/mol. The number of nitrogens with one attached hydrogen (secondary N) is 2. The minimum Gasteiger partial charge on any atom is -0.379 e. The van der Waals surface area contributed by atoms with E-state index in [9.17, 15) is 23.1 Å². The first-order valence-electron chi connectivity index (χ1n) is 10.6. The van der Waals surface area contributed by atoms with Gasteiger partial charge in [-0.25, -0.2) is 0 Å². The summed E-state index contributed by atoms with van der Waals surface area (Å²) >= 11 is 0. The van der Waals surface area contributed by atoms with Gasteiger partial charge in [-0.2, -0.15) is 18.3 Å². The normalized spacial score (nSPS) is 20.7. The third-order valence-electron chi connectivity index (χ3n) is 5.50. The highest BCUT2D eigenvalue weighted by molar-refractivity contribution is 5.98. The number of aliphatic hydroxyl groups excluding tert-OH is 1. The first-order chi connectivity index (χ1) is 14.8. The van der Waals surface area contributed by atoms with Gasteiger partial charge in [0, 0.05) is 23.5 Å². The number of aromatic nitrogens is 2. The van der Waals surface area contributed by atoms with Crippen LogP contribution in [0.3, 0.4) is 0 Å². The number of nitrogens with two attached hydrogens (primary N) is 1. The molecule has 0 radical (unpaired) electrons. The average molecular weight is 454 g/mol. The molecule has 0 aliphatic heterocycles. The molecular weight excluding hydrogens is 423 g/mol. The summed E-state index contributed by atoms with van der Waals surface area (Å²) in [5.41, 5.74) is 5.92. The maximum absolute atomic E-state index is 12.7. The second-order valence-corrected chi connectivity index (χ2v) is 9.33. The first-order valence-corrected chi connectivity index (χ1v) is 10.6. The van der Waals surface area contributed by atoms with E-state index in [4.69, 9.17) is 5.73 Å². The highest BCUT2D eigenvalue weighted by Gasteiger charge is 2.39. The van der Waals surface area contributed by atoms with Gasteiger partial charge in [-0.1, -0.05) is 12.1 Å². The van der Waals surface area contributed by atoms with Crippen molar-refractivity contribution in [2.24, 2.45) is 5.73 Å². The lowest BCUT2D eigenvalue weighted by molar-refractivity contribution is -0.206. The number of carbonyl (C=O) groups excluding carboxylic acids is 1. The van der Waals surface area contributed by atoms with Crippen molar-refractivity contribution in [2.45, 2.75) is 76.4 Å². The smallest absolute Gasteiger partial charge is 0.379 e. The van der Waals surface area contributed by atoms with Gasteiger partial charge in [-0.3, -0.25) is 9.48 Å². The fraction of sp³-hybridized carbons (Fsp3) is 0.545. The second-order valence-electron chi connectivity index (χ2n) is 9.33. The van der Waals surface area contributed by atoms with Crippen LogP contribution in [0.1, 0.15) is 74.5 Å². The Morgan fingerprint density at radius 1 is 1.16 bits per heavy atom. The number of hydrogen-bond donors (Lipinski definition) is 4. The fourth-order valence-corrected chi connectivity index (χ4v) is 4.02. The molecule has 176 valence electrons. The summed E-state index contributed by atoms with van der Waals surface area (Å²) in [5.74, 6) is -0.400. The van der Waals surface area contributed by atoms with Crippen LogP contribution in [0, 0.1) is 0 Å². The summed E-state index contributed by atoms with van der Waals surface area (Å²) in [6, 6.07) is 5.68. The van der Waals surface area contributed by atoms with Gasteiger partial charge in [-0.05, 0) is 64.2 Å². The van der Waals surface area contributed by atoms with E-state index in [1.807, 2.05) is 0 Å². The van der Waals surface area contributed by atoms with Gasteiger partial charge in [0.1, 0.15) is 5.56 Å². The van der Waals surface area contributed by atoms with Crippen molar-refractivity contribution >= 4 is 17.4 Å². The van der Waals surface area contributed by atoms with Crippen LogP contribution in [0.15, 0.2) is 30.5 Å². The zero-order valence-electron chi connectivity index (χ0n) is 18.4. The van der Waals surface area contributed by atoms with Crippen molar-refractivity contribution in [3.05, 3.63) is 41.6 Å². The number of aliphatic hydroxyl groups is 1. The van der Waals surface area contributed by atoms with E-state index in [1.54, 1.807) is 10.9 Å². The molecule has 7 nitrogen and oxygen atoms in total. The molecular formula is C22H30F3N5O2. The summed E-state index contributed by atoms with van der Waals surface area (Å²) < 4.78 is 39.8. The van der Waals surface area contributed by atoms with Gasteiger partial charge in [-0.15, -0.1) is 0 Å². The van der Waals surface area contributed by atoms with E-state index < -0.39 is 18.2 Å². The van der Waals surface area contributed by atoms with Gasteiger partial charge in [0.25, 0.3) is 5.91 Å². The Morgan fingerprint density at radius 2 is 1.75 bits per heavy atom. The van der Waals surface area contributed by atoms with Gasteiger partial charge in [0.05, 0.1) is 6.04 Å². The van der Waals surface area contributed by atoms with Crippen LogP contribution in [0.5, 0.6) is 0 Å². The van der Waals surface area contributed by atoms with E-state index in [-0.39, 0.29) is 28.5 Å². The molecule has 1 heterocycles. The zero-order chi connectivity index (χ0) is 23.7. The Hall–Kier alpha value is -2.59. The maximum atomic E-state index is 12.7. The summed E-state index contributed by atoms with van der Waals surface area (Å²) in [4.78, 5) is 11.9. The number of primary amides is 1. The molecule has 0 bridgehead atoms. The van der Waals surface area contributed by atoms with Crippen molar-refractivity contribution < 1.29 is 23.1 Å². The zero-order valence-corrected chi connectivity index (χ0v) is 18.4. The minimum atomic E-state index is -4.74. The standard InChI is InChI=1S/C22H30F3N5O2/c1-21(2,3)28-15-8-10-16(11-9-15)30-12-17(19(26)32)20(29-30)27-14-6-4-13(5-7-14)18(31)22(23,24)25/h4-7,12,15-16,18,28,31H,8-11H2,1-3H3,(H2,26,32)(H,27,29). The topological polar surface area (TPSA) is 105 Å². The molecule has 3 rings (SSSR count). The Bertz CT molecular complexity index is 927. The first kappa shape index (κ1) is 24.1. The number of alkyl halides is 3. The van der Waals surface area contributed by atoms with E-state index in [0.29, 0.717) is 11.7 Å². The Labute approximate surface area is 185 Å². The highest BCUT2D eigenvalue weighted by Crippen LogP contribution is 2.34. The predicted octanol–water partition coefficient (Wildman–Crippen LogP) is 4.19. The number of benzene rings is 1.